The van der Waals surface area contributed by atoms with E-state index in [9.17, 15) is 14.4 Å². The van der Waals surface area contributed by atoms with Gasteiger partial charge in [-0.25, -0.2) is 19.7 Å². The van der Waals surface area contributed by atoms with Crippen LogP contribution in [0.2, 0.25) is 0 Å². The number of rotatable bonds is 11. The third kappa shape index (κ3) is 8.09. The summed E-state index contributed by atoms with van der Waals surface area (Å²) in [5.74, 6) is 1.65. The highest BCUT2D eigenvalue weighted by Gasteiger charge is 2.44. The number of hydrogen-bond donors (Lipinski definition) is 3. The normalized spacial score (nSPS) is 18.3. The summed E-state index contributed by atoms with van der Waals surface area (Å²) >= 11 is 0. The number of aromatic nitrogens is 6. The minimum absolute atomic E-state index is 0.00697. The molecule has 4 aliphatic rings. The number of piperazine rings is 1. The largest absolute Gasteiger partial charge is 0.372 e. The monoisotopic (exact) mass is 834 g/mol. The average molecular weight is 835 g/mol. The Balaban J connectivity index is 0.707. The lowest BCUT2D eigenvalue weighted by Gasteiger charge is -2.39. The number of H-pyrrole nitrogens is 1. The number of fused-ring (bicyclic) bond motifs is 1. The van der Waals surface area contributed by atoms with Crippen molar-refractivity contribution in [2.45, 2.75) is 57.9 Å². The van der Waals surface area contributed by atoms with E-state index < -0.39 is 0 Å². The zero-order valence-electron chi connectivity index (χ0n) is 35.1. The molecule has 10 rings (SSSR count). The highest BCUT2D eigenvalue weighted by molar-refractivity contribution is 6.05. The lowest BCUT2D eigenvalue weighted by Crippen LogP contribution is -2.49. The van der Waals surface area contributed by atoms with Crippen molar-refractivity contribution in [3.8, 4) is 22.5 Å². The van der Waals surface area contributed by atoms with Crippen molar-refractivity contribution in [3.63, 3.8) is 0 Å². The molecular weight excluding hydrogens is 785 g/mol. The molecule has 1 aliphatic carbocycles. The fraction of sp³-hybridized carbons (Fsp3) is 0.391. The van der Waals surface area contributed by atoms with Crippen molar-refractivity contribution in [1.82, 2.24) is 45.6 Å². The summed E-state index contributed by atoms with van der Waals surface area (Å²) in [4.78, 5) is 67.5. The Kier molecular flexibility index (Phi) is 10.4. The van der Waals surface area contributed by atoms with Gasteiger partial charge in [0.15, 0.2) is 5.82 Å². The molecule has 3 saturated heterocycles. The molecule has 4 amide bonds. The number of nitrogens with one attached hydrogen (secondary N) is 3. The molecule has 318 valence electrons. The van der Waals surface area contributed by atoms with E-state index in [0.717, 1.165) is 128 Å². The standard InChI is InChI=1S/C46H50N12O4/c1-29-23-31(3-4-32(29)25-48-42(60)43-53-44(54-62-43)46(2)14-15-46)40-36-24-37(51-41(36)50-28-49-40)33-5-10-38(47-26-33)57-21-19-55(20-22-57)27-30-11-16-56(17-12-30)34-6-8-35(9-7-34)58-18-13-39(59)52-45(58)61/h3-10,23-24,26,28,30H,11-22,25,27H2,1-2H3,(H,48,60)(H,49,50,51)(H,52,59,61). The summed E-state index contributed by atoms with van der Waals surface area (Å²) in [7, 11) is 0. The number of benzene rings is 2. The van der Waals surface area contributed by atoms with Crippen molar-refractivity contribution in [1.29, 1.82) is 0 Å². The van der Waals surface area contributed by atoms with Crippen LogP contribution in [0.15, 0.2) is 77.7 Å². The van der Waals surface area contributed by atoms with E-state index in [2.05, 4.69) is 93.7 Å². The molecular formula is C46H50N12O4. The fourth-order valence-corrected chi connectivity index (χ4v) is 8.87. The fourth-order valence-electron chi connectivity index (χ4n) is 8.87. The lowest BCUT2D eigenvalue weighted by atomic mass is 9.95. The van der Waals surface area contributed by atoms with E-state index in [1.807, 2.05) is 37.4 Å². The third-order valence-corrected chi connectivity index (χ3v) is 13.1. The van der Waals surface area contributed by atoms with Gasteiger partial charge in [0.05, 0.1) is 5.69 Å². The predicted octanol–water partition coefficient (Wildman–Crippen LogP) is 5.84. The molecule has 0 radical (unpaired) electrons. The summed E-state index contributed by atoms with van der Waals surface area (Å²) in [6, 6.07) is 20.2. The predicted molar refractivity (Wildman–Crippen MR) is 235 cm³/mol. The molecule has 16 nitrogen and oxygen atoms in total. The number of urea groups is 1. The van der Waals surface area contributed by atoms with E-state index in [4.69, 9.17) is 9.51 Å². The van der Waals surface area contributed by atoms with Gasteiger partial charge in [-0.1, -0.05) is 24.2 Å². The van der Waals surface area contributed by atoms with Crippen LogP contribution in [0.5, 0.6) is 0 Å². The Bertz CT molecular complexity index is 2620. The van der Waals surface area contributed by atoms with Gasteiger partial charge in [-0.3, -0.25) is 24.7 Å². The van der Waals surface area contributed by atoms with Crippen LogP contribution < -0.4 is 25.3 Å². The maximum Gasteiger partial charge on any atom is 0.328 e. The van der Waals surface area contributed by atoms with Gasteiger partial charge in [0.1, 0.15) is 17.8 Å². The highest BCUT2D eigenvalue weighted by Crippen LogP contribution is 2.46. The smallest absolute Gasteiger partial charge is 0.328 e. The number of pyridine rings is 1. The molecule has 4 fully saturated rings. The lowest BCUT2D eigenvalue weighted by molar-refractivity contribution is -0.120. The molecule has 16 heteroatoms. The second-order valence-electron chi connectivity index (χ2n) is 17.4. The number of carbonyl (C=O) groups is 3. The first-order valence-corrected chi connectivity index (χ1v) is 21.6. The zero-order chi connectivity index (χ0) is 42.4. The van der Waals surface area contributed by atoms with Gasteiger partial charge in [-0.15, -0.1) is 0 Å². The Labute approximate surface area is 359 Å². The summed E-state index contributed by atoms with van der Waals surface area (Å²) in [6.07, 6.45) is 8.15. The van der Waals surface area contributed by atoms with Crippen LogP contribution in [0, 0.1) is 12.8 Å². The van der Waals surface area contributed by atoms with Gasteiger partial charge >= 0.3 is 17.8 Å². The van der Waals surface area contributed by atoms with Gasteiger partial charge in [-0.2, -0.15) is 4.98 Å². The summed E-state index contributed by atoms with van der Waals surface area (Å²) in [6.45, 7) is 11.9. The van der Waals surface area contributed by atoms with Crippen LogP contribution in [0.25, 0.3) is 33.5 Å². The molecule has 6 aromatic rings. The van der Waals surface area contributed by atoms with Crippen molar-refractivity contribution < 1.29 is 18.9 Å². The number of nitrogens with zero attached hydrogens (tertiary/aromatic N) is 9. The topological polar surface area (TPSA) is 182 Å². The Hall–Kier alpha value is -6.68. The first kappa shape index (κ1) is 39.5. The minimum Gasteiger partial charge on any atom is -0.372 e. The van der Waals surface area contributed by atoms with Crippen LogP contribution >= 0.6 is 0 Å². The minimum atomic E-state index is -0.381. The Morgan fingerprint density at radius 2 is 1.65 bits per heavy atom. The van der Waals surface area contributed by atoms with E-state index in [1.54, 1.807) is 11.2 Å². The summed E-state index contributed by atoms with van der Waals surface area (Å²) in [5, 5.41) is 10.2. The van der Waals surface area contributed by atoms with Crippen LogP contribution in [-0.4, -0.2) is 105 Å². The van der Waals surface area contributed by atoms with Crippen LogP contribution in [0.4, 0.5) is 22.0 Å². The number of amides is 4. The van der Waals surface area contributed by atoms with E-state index in [-0.39, 0.29) is 29.2 Å². The highest BCUT2D eigenvalue weighted by atomic mass is 16.5. The molecule has 0 spiro atoms. The number of hydrogen-bond acceptors (Lipinski definition) is 12. The van der Waals surface area contributed by atoms with E-state index in [0.29, 0.717) is 31.3 Å². The van der Waals surface area contributed by atoms with E-state index >= 15 is 0 Å². The van der Waals surface area contributed by atoms with Crippen LogP contribution in [0.3, 0.4) is 0 Å². The number of imide groups is 1. The molecule has 3 aliphatic heterocycles. The molecule has 62 heavy (non-hydrogen) atoms. The van der Waals surface area contributed by atoms with E-state index in [1.165, 1.54) is 5.69 Å². The second-order valence-corrected chi connectivity index (χ2v) is 17.4. The molecule has 0 bridgehead atoms. The van der Waals surface area contributed by atoms with Crippen molar-refractivity contribution in [2.24, 2.45) is 5.92 Å². The van der Waals surface area contributed by atoms with Gasteiger partial charge < -0.3 is 24.6 Å². The molecule has 1 saturated carbocycles. The number of anilines is 3. The van der Waals surface area contributed by atoms with Crippen LogP contribution in [-0.2, 0) is 16.8 Å². The number of aryl methyl sites for hydroxylation is 1. The second kappa shape index (κ2) is 16.3. The molecule has 3 N–H and O–H groups in total. The summed E-state index contributed by atoms with van der Waals surface area (Å²) in [5.41, 5.74) is 8.37. The maximum absolute atomic E-state index is 12.8. The van der Waals surface area contributed by atoms with Crippen molar-refractivity contribution >= 4 is 46.1 Å². The first-order valence-electron chi connectivity index (χ1n) is 21.6. The average Bonchev–Trinajstić information content (AvgIpc) is 3.63. The summed E-state index contributed by atoms with van der Waals surface area (Å²) < 4.78 is 5.24. The zero-order valence-corrected chi connectivity index (χ0v) is 35.1. The Morgan fingerprint density at radius 3 is 2.37 bits per heavy atom. The van der Waals surface area contributed by atoms with Gasteiger partial charge in [0.2, 0.25) is 5.91 Å². The molecule has 4 aromatic heterocycles. The number of piperidine rings is 1. The Morgan fingerprint density at radius 1 is 0.871 bits per heavy atom. The maximum atomic E-state index is 12.8. The van der Waals surface area contributed by atoms with Crippen LogP contribution in [0.1, 0.15) is 66.7 Å². The van der Waals surface area contributed by atoms with Gasteiger partial charge in [0.25, 0.3) is 0 Å². The molecule has 0 atom stereocenters. The first-order chi connectivity index (χ1) is 30.2. The van der Waals surface area contributed by atoms with Crippen molar-refractivity contribution in [3.05, 3.63) is 96.0 Å². The number of carbonyl (C=O) groups excluding carboxylic acids is 3. The molecule has 7 heterocycles. The van der Waals surface area contributed by atoms with Crippen molar-refractivity contribution in [2.75, 3.05) is 67.1 Å². The van der Waals surface area contributed by atoms with Gasteiger partial charge in [0, 0.05) is 111 Å². The molecule has 0 unspecified atom stereocenters. The van der Waals surface area contributed by atoms with Gasteiger partial charge in [-0.05, 0) is 98.2 Å². The third-order valence-electron chi connectivity index (χ3n) is 13.1. The SMILES string of the molecule is Cc1cc(-c2ncnc3[nH]c(-c4ccc(N5CCN(CC6CCN(c7ccc(N8CCC(=O)NC8=O)cc7)CC6)CC5)nc4)cc23)ccc1CNC(=O)c1nc(C2(C)CC2)no1. The quantitative estimate of drug-likeness (QED) is 0.142. The molecule has 2 aromatic carbocycles. The number of aromatic amines is 1.